The largest absolute Gasteiger partial charge is 0.361 e. The minimum Gasteiger partial charge on any atom is -0.361 e. The highest BCUT2D eigenvalue weighted by Crippen LogP contribution is 2.35. The Morgan fingerprint density at radius 2 is 1.38 bits per heavy atom. The Hall–Kier alpha value is -1.65. The van der Waals surface area contributed by atoms with Gasteiger partial charge >= 0.3 is 0 Å². The molecular weight excluding hydrogens is 324 g/mol. The van der Waals surface area contributed by atoms with Crippen LogP contribution in [0.25, 0.3) is 0 Å². The first-order chi connectivity index (χ1) is 11.1. The molecule has 1 unspecified atom stereocenters. The molecule has 2 aromatic heterocycles. The molecule has 2 aromatic rings. The van der Waals surface area contributed by atoms with E-state index in [1.165, 1.54) is 12.8 Å². The summed E-state index contributed by atoms with van der Waals surface area (Å²) >= 11 is 0. The minimum atomic E-state index is 0. The van der Waals surface area contributed by atoms with Crippen LogP contribution in [0, 0.1) is 52.4 Å². The summed E-state index contributed by atoms with van der Waals surface area (Å²) in [6, 6.07) is 0. The van der Waals surface area contributed by atoms with Crippen molar-refractivity contribution in [1.82, 2.24) is 20.2 Å². The van der Waals surface area contributed by atoms with Gasteiger partial charge in [-0.15, -0.1) is 5.10 Å². The lowest BCUT2D eigenvalue weighted by molar-refractivity contribution is 0.380. The van der Waals surface area contributed by atoms with E-state index in [1.807, 2.05) is 41.7 Å². The third-order valence-electron chi connectivity index (χ3n) is 5.60. The molecule has 5 heteroatoms. The zero-order valence-electron chi connectivity index (χ0n) is 16.8. The molecule has 0 bridgehead atoms. The summed E-state index contributed by atoms with van der Waals surface area (Å²) in [5.41, 5.74) is 4.28. The molecule has 0 amide bonds. The highest BCUT2D eigenvalue weighted by Gasteiger charge is 2.25. The molecule has 2 heterocycles. The van der Waals surface area contributed by atoms with Gasteiger partial charge in [-0.1, -0.05) is 58.8 Å². The van der Waals surface area contributed by atoms with Crippen molar-refractivity contribution < 1.29 is 4.52 Å². The highest BCUT2D eigenvalue weighted by atomic mass is 16.5. The van der Waals surface area contributed by atoms with Gasteiger partial charge in [0.05, 0.1) is 17.1 Å². The predicted molar refractivity (Wildman–Crippen MR) is 111 cm³/mol. The van der Waals surface area contributed by atoms with E-state index in [1.54, 1.807) is 4.68 Å². The standard InChI is InChI=1S/C8H16.C6H9NO.C5H9N3.2CH4/c1-6-4-5-7(2)8(6)3;1-4-5(2)7-8-6(4)3;1-4-5(2)8(3)7-6-4;;/h6-8H,4-5H2,1-3H3;2*1-3H3;2*1H4/t6-,7+,8?;;;;. The number of hydrogen-bond donors (Lipinski definition) is 0. The lowest BCUT2D eigenvalue weighted by atomic mass is 9.94. The van der Waals surface area contributed by atoms with E-state index in [0.717, 1.165) is 46.2 Å². The fourth-order valence-corrected chi connectivity index (χ4v) is 2.65. The quantitative estimate of drug-likeness (QED) is 0.574. The average molecular weight is 367 g/mol. The third-order valence-corrected chi connectivity index (χ3v) is 5.60. The molecule has 0 saturated heterocycles. The Balaban J connectivity index is 0. The fourth-order valence-electron chi connectivity index (χ4n) is 2.65. The monoisotopic (exact) mass is 366 g/mol. The van der Waals surface area contributed by atoms with E-state index in [-0.39, 0.29) is 14.9 Å². The van der Waals surface area contributed by atoms with Crippen LogP contribution in [0.2, 0.25) is 0 Å². The molecule has 0 aliphatic heterocycles. The number of hydrogen-bond acceptors (Lipinski definition) is 4. The molecule has 1 aliphatic rings. The van der Waals surface area contributed by atoms with E-state index >= 15 is 0 Å². The second-order valence-electron chi connectivity index (χ2n) is 7.22. The maximum atomic E-state index is 4.84. The average Bonchev–Trinajstić information content (AvgIpc) is 3.13. The van der Waals surface area contributed by atoms with Crippen LogP contribution in [0.1, 0.15) is 76.9 Å². The highest BCUT2D eigenvalue weighted by molar-refractivity contribution is 5.17. The van der Waals surface area contributed by atoms with Crippen molar-refractivity contribution in [3.63, 3.8) is 0 Å². The second-order valence-corrected chi connectivity index (χ2v) is 7.22. The van der Waals surface area contributed by atoms with Gasteiger partial charge in [0.15, 0.2) is 0 Å². The molecule has 1 saturated carbocycles. The van der Waals surface area contributed by atoms with Gasteiger partial charge in [0.2, 0.25) is 0 Å². The zero-order chi connectivity index (χ0) is 18.4. The fraction of sp³-hybridized carbons (Fsp3) is 0.762. The number of nitrogens with zero attached hydrogens (tertiary/aromatic N) is 4. The Morgan fingerprint density at radius 3 is 1.50 bits per heavy atom. The maximum Gasteiger partial charge on any atom is 0.136 e. The topological polar surface area (TPSA) is 56.7 Å². The van der Waals surface area contributed by atoms with Gasteiger partial charge in [-0.3, -0.25) is 4.68 Å². The lowest BCUT2D eigenvalue weighted by Gasteiger charge is -2.11. The first-order valence-electron chi connectivity index (χ1n) is 8.87. The normalized spacial score (nSPS) is 20.7. The summed E-state index contributed by atoms with van der Waals surface area (Å²) in [6.07, 6.45) is 2.92. The molecule has 0 radical (unpaired) electrons. The van der Waals surface area contributed by atoms with Crippen molar-refractivity contribution >= 4 is 0 Å². The van der Waals surface area contributed by atoms with Crippen molar-refractivity contribution in [2.24, 2.45) is 24.8 Å². The van der Waals surface area contributed by atoms with Crippen LogP contribution in [0.3, 0.4) is 0 Å². The summed E-state index contributed by atoms with van der Waals surface area (Å²) < 4.78 is 6.60. The summed E-state index contributed by atoms with van der Waals surface area (Å²) in [6.45, 7) is 16.9. The third kappa shape index (κ3) is 7.30. The van der Waals surface area contributed by atoms with Crippen LogP contribution in [-0.2, 0) is 7.05 Å². The van der Waals surface area contributed by atoms with Crippen LogP contribution in [0.4, 0.5) is 0 Å². The molecule has 0 spiro atoms. The van der Waals surface area contributed by atoms with Gasteiger partial charge < -0.3 is 4.52 Å². The summed E-state index contributed by atoms with van der Waals surface area (Å²) in [4.78, 5) is 0. The van der Waals surface area contributed by atoms with E-state index < -0.39 is 0 Å². The molecule has 5 nitrogen and oxygen atoms in total. The summed E-state index contributed by atoms with van der Waals surface area (Å²) in [7, 11) is 1.88. The van der Waals surface area contributed by atoms with Gasteiger partial charge in [-0.05, 0) is 52.4 Å². The van der Waals surface area contributed by atoms with Crippen molar-refractivity contribution in [2.45, 2.75) is 83.1 Å². The molecule has 3 atom stereocenters. The van der Waals surface area contributed by atoms with Crippen LogP contribution in [-0.4, -0.2) is 20.2 Å². The van der Waals surface area contributed by atoms with Gasteiger partial charge in [-0.2, -0.15) is 0 Å². The molecule has 0 N–H and O–H groups in total. The van der Waals surface area contributed by atoms with Gasteiger partial charge in [0.25, 0.3) is 0 Å². The second kappa shape index (κ2) is 11.9. The predicted octanol–water partition coefficient (Wildman–Crippen LogP) is 5.99. The smallest absolute Gasteiger partial charge is 0.136 e. The molecule has 152 valence electrons. The van der Waals surface area contributed by atoms with E-state index in [0.29, 0.717) is 0 Å². The summed E-state index contributed by atoms with van der Waals surface area (Å²) in [5.74, 6) is 3.88. The Bertz CT molecular complexity index is 537. The Kier molecular flexibility index (Phi) is 12.1. The number of aryl methyl sites for hydroxylation is 4. The molecule has 3 rings (SSSR count). The maximum absolute atomic E-state index is 4.84. The van der Waals surface area contributed by atoms with E-state index in [9.17, 15) is 0 Å². The first kappa shape index (κ1) is 26.6. The van der Waals surface area contributed by atoms with Crippen LogP contribution in [0.5, 0.6) is 0 Å². The van der Waals surface area contributed by atoms with Gasteiger partial charge in [-0.25, -0.2) is 0 Å². The first-order valence-corrected chi connectivity index (χ1v) is 8.87. The van der Waals surface area contributed by atoms with E-state index in [4.69, 9.17) is 4.52 Å². The number of aromatic nitrogens is 4. The van der Waals surface area contributed by atoms with E-state index in [2.05, 4.69) is 36.2 Å². The molecule has 26 heavy (non-hydrogen) atoms. The molecular formula is C21H42N4O. The molecule has 1 fully saturated rings. The zero-order valence-corrected chi connectivity index (χ0v) is 16.8. The van der Waals surface area contributed by atoms with Gasteiger partial charge in [0, 0.05) is 12.6 Å². The SMILES string of the molecule is C.C.CC1[C@H](C)CC[C@@H]1C.Cc1nnn(C)c1C.Cc1noc(C)c1C. The van der Waals surface area contributed by atoms with Crippen LogP contribution >= 0.6 is 0 Å². The van der Waals surface area contributed by atoms with Gasteiger partial charge in [0.1, 0.15) is 5.76 Å². The lowest BCUT2D eigenvalue weighted by Crippen LogP contribution is -2.04. The van der Waals surface area contributed by atoms with Crippen molar-refractivity contribution in [3.8, 4) is 0 Å². The summed E-state index contributed by atoms with van der Waals surface area (Å²) in [5, 5.41) is 11.4. The Labute approximate surface area is 161 Å². The van der Waals surface area contributed by atoms with Crippen LogP contribution in [0.15, 0.2) is 4.52 Å². The molecule has 1 aliphatic carbocycles. The van der Waals surface area contributed by atoms with Crippen LogP contribution < -0.4 is 0 Å². The minimum absolute atomic E-state index is 0. The molecule has 0 aromatic carbocycles. The van der Waals surface area contributed by atoms with Crippen molar-refractivity contribution in [1.29, 1.82) is 0 Å². The Morgan fingerprint density at radius 1 is 0.885 bits per heavy atom. The number of rotatable bonds is 0. The van der Waals surface area contributed by atoms with Crippen molar-refractivity contribution in [3.05, 3.63) is 28.4 Å². The van der Waals surface area contributed by atoms with Crippen molar-refractivity contribution in [2.75, 3.05) is 0 Å².